The fraction of sp³-hybridized carbons (Fsp3) is 0.714. The summed E-state index contributed by atoms with van der Waals surface area (Å²) in [5.74, 6) is 0. The van der Waals surface area contributed by atoms with Gasteiger partial charge in [0.25, 0.3) is 5.56 Å². The third-order valence-electron chi connectivity index (χ3n) is 2.70. The fourth-order valence-electron chi connectivity index (χ4n) is 1.58. The Labute approximate surface area is 125 Å². The summed E-state index contributed by atoms with van der Waals surface area (Å²) in [6, 6.07) is 1.55. The van der Waals surface area contributed by atoms with Crippen molar-refractivity contribution in [3.8, 4) is 0 Å². The van der Waals surface area contributed by atoms with E-state index >= 15 is 0 Å². The molecule has 0 fully saturated rings. The van der Waals surface area contributed by atoms with Gasteiger partial charge in [0.05, 0.1) is 51.5 Å². The molecule has 0 aliphatic carbocycles. The van der Waals surface area contributed by atoms with Crippen LogP contribution in [0.1, 0.15) is 13.3 Å². The second kappa shape index (κ2) is 11.2. The van der Waals surface area contributed by atoms with Gasteiger partial charge in [0.2, 0.25) is 0 Å². The molecule has 120 valence electrons. The van der Waals surface area contributed by atoms with Crippen molar-refractivity contribution < 1.29 is 14.2 Å². The van der Waals surface area contributed by atoms with E-state index in [9.17, 15) is 4.79 Å². The largest absolute Gasteiger partial charge is 0.384 e. The summed E-state index contributed by atoms with van der Waals surface area (Å²) in [4.78, 5) is 11.8. The number of anilines is 1. The van der Waals surface area contributed by atoms with Crippen molar-refractivity contribution in [2.45, 2.75) is 19.9 Å². The van der Waals surface area contributed by atoms with Gasteiger partial charge < -0.3 is 19.5 Å². The molecule has 0 aromatic carbocycles. The molecular formula is C14H25N3O4. The van der Waals surface area contributed by atoms with Gasteiger partial charge in [-0.2, -0.15) is 5.10 Å². The first kappa shape index (κ1) is 17.6. The molecule has 0 spiro atoms. The zero-order chi connectivity index (χ0) is 15.3. The van der Waals surface area contributed by atoms with Crippen LogP contribution in [0, 0.1) is 0 Å². The second-order valence-corrected chi connectivity index (χ2v) is 4.45. The first-order chi connectivity index (χ1) is 10.3. The summed E-state index contributed by atoms with van der Waals surface area (Å²) in [7, 11) is 1.63. The Morgan fingerprint density at radius 2 is 1.90 bits per heavy atom. The minimum atomic E-state index is -0.129. The lowest BCUT2D eigenvalue weighted by Crippen LogP contribution is -2.25. The predicted octanol–water partition coefficient (Wildman–Crippen LogP) is 0.745. The highest BCUT2D eigenvalue weighted by molar-refractivity contribution is 5.38. The first-order valence-corrected chi connectivity index (χ1v) is 7.23. The Bertz CT molecular complexity index is 436. The monoisotopic (exact) mass is 299 g/mol. The van der Waals surface area contributed by atoms with Crippen molar-refractivity contribution in [1.82, 2.24) is 9.78 Å². The molecule has 1 N–H and O–H groups in total. The molecule has 0 saturated heterocycles. The first-order valence-electron chi connectivity index (χ1n) is 7.23. The van der Waals surface area contributed by atoms with Crippen LogP contribution in [0.15, 0.2) is 17.1 Å². The molecule has 0 aliphatic rings. The summed E-state index contributed by atoms with van der Waals surface area (Å²) in [6.07, 6.45) is 2.66. The van der Waals surface area contributed by atoms with Gasteiger partial charge in [-0.25, -0.2) is 4.68 Å². The van der Waals surface area contributed by atoms with Gasteiger partial charge in [-0.3, -0.25) is 4.79 Å². The summed E-state index contributed by atoms with van der Waals surface area (Å²) in [5, 5.41) is 7.23. The van der Waals surface area contributed by atoms with Crippen molar-refractivity contribution in [1.29, 1.82) is 0 Å². The number of rotatable bonds is 12. The fourth-order valence-corrected chi connectivity index (χ4v) is 1.58. The van der Waals surface area contributed by atoms with E-state index in [1.807, 2.05) is 0 Å². The molecule has 1 heterocycles. The van der Waals surface area contributed by atoms with Crippen molar-refractivity contribution in [3.63, 3.8) is 0 Å². The number of hydrogen-bond acceptors (Lipinski definition) is 6. The van der Waals surface area contributed by atoms with Gasteiger partial charge in [0, 0.05) is 19.7 Å². The predicted molar refractivity (Wildman–Crippen MR) is 80.8 cm³/mol. The third kappa shape index (κ3) is 7.79. The van der Waals surface area contributed by atoms with Crippen LogP contribution in [0.4, 0.5) is 5.69 Å². The quantitative estimate of drug-likeness (QED) is 0.574. The van der Waals surface area contributed by atoms with Gasteiger partial charge in [-0.1, -0.05) is 6.92 Å². The normalized spacial score (nSPS) is 10.8. The summed E-state index contributed by atoms with van der Waals surface area (Å²) < 4.78 is 16.9. The molecule has 0 atom stereocenters. The molecule has 0 aliphatic heterocycles. The van der Waals surface area contributed by atoms with Crippen LogP contribution in [0.2, 0.25) is 0 Å². The summed E-state index contributed by atoms with van der Waals surface area (Å²) in [5.41, 5.74) is 0.626. The zero-order valence-electron chi connectivity index (χ0n) is 12.8. The van der Waals surface area contributed by atoms with Crippen molar-refractivity contribution in [2.24, 2.45) is 0 Å². The Morgan fingerprint density at radius 3 is 2.57 bits per heavy atom. The molecule has 7 nitrogen and oxygen atoms in total. The van der Waals surface area contributed by atoms with Crippen LogP contribution in [0.3, 0.4) is 0 Å². The van der Waals surface area contributed by atoms with Gasteiger partial charge in [0.15, 0.2) is 0 Å². The molecule has 21 heavy (non-hydrogen) atoms. The van der Waals surface area contributed by atoms with E-state index in [0.717, 1.165) is 18.7 Å². The van der Waals surface area contributed by atoms with Crippen molar-refractivity contribution in [2.75, 3.05) is 52.0 Å². The molecule has 0 saturated carbocycles. The van der Waals surface area contributed by atoms with Crippen LogP contribution >= 0.6 is 0 Å². The minimum Gasteiger partial charge on any atom is -0.384 e. The Balaban J connectivity index is 2.18. The van der Waals surface area contributed by atoms with Crippen molar-refractivity contribution >= 4 is 5.69 Å². The van der Waals surface area contributed by atoms with Crippen LogP contribution in [-0.4, -0.2) is 56.5 Å². The van der Waals surface area contributed by atoms with E-state index in [2.05, 4.69) is 17.3 Å². The van der Waals surface area contributed by atoms with Crippen LogP contribution in [-0.2, 0) is 20.8 Å². The molecule has 1 aromatic heterocycles. The van der Waals surface area contributed by atoms with Gasteiger partial charge in [0.1, 0.15) is 0 Å². The third-order valence-corrected chi connectivity index (χ3v) is 2.70. The molecule has 1 rings (SSSR count). The molecule has 1 aromatic rings. The van der Waals surface area contributed by atoms with E-state index in [1.54, 1.807) is 19.4 Å². The maximum absolute atomic E-state index is 11.8. The average Bonchev–Trinajstić information content (AvgIpc) is 2.49. The number of methoxy groups -OCH3 is 1. The molecule has 7 heteroatoms. The van der Waals surface area contributed by atoms with Gasteiger partial charge >= 0.3 is 0 Å². The van der Waals surface area contributed by atoms with Crippen LogP contribution in [0.5, 0.6) is 0 Å². The highest BCUT2D eigenvalue weighted by atomic mass is 16.5. The zero-order valence-corrected chi connectivity index (χ0v) is 12.8. The van der Waals surface area contributed by atoms with Gasteiger partial charge in [-0.05, 0) is 6.42 Å². The van der Waals surface area contributed by atoms with E-state index in [0.29, 0.717) is 39.6 Å². The number of hydrogen-bond donors (Lipinski definition) is 1. The Kier molecular flexibility index (Phi) is 9.43. The highest BCUT2D eigenvalue weighted by Crippen LogP contribution is 1.99. The topological polar surface area (TPSA) is 74.6 Å². The highest BCUT2D eigenvalue weighted by Gasteiger charge is 2.00. The molecule has 0 unspecified atom stereocenters. The number of aromatic nitrogens is 2. The lowest BCUT2D eigenvalue weighted by atomic mass is 10.4. The number of nitrogens with zero attached hydrogens (tertiary/aromatic N) is 2. The molecular weight excluding hydrogens is 274 g/mol. The molecule has 0 radical (unpaired) electrons. The van der Waals surface area contributed by atoms with E-state index in [1.165, 1.54) is 4.68 Å². The van der Waals surface area contributed by atoms with Gasteiger partial charge in [-0.15, -0.1) is 0 Å². The standard InChI is InChI=1S/C14H25N3O4/c1-3-4-15-13-11-14(18)17(16-12-13)5-6-20-9-10-21-8-7-19-2/h11-12,15H,3-10H2,1-2H3. The number of ether oxygens (including phenoxy) is 3. The Hall–Kier alpha value is -1.44. The second-order valence-electron chi connectivity index (χ2n) is 4.45. The SMILES string of the molecule is CCCNc1cnn(CCOCCOCCOC)c(=O)c1. The number of nitrogens with one attached hydrogen (secondary N) is 1. The van der Waals surface area contributed by atoms with Crippen LogP contribution in [0.25, 0.3) is 0 Å². The van der Waals surface area contributed by atoms with E-state index in [-0.39, 0.29) is 5.56 Å². The lowest BCUT2D eigenvalue weighted by molar-refractivity contribution is 0.0223. The maximum Gasteiger partial charge on any atom is 0.268 e. The lowest BCUT2D eigenvalue weighted by Gasteiger charge is -2.08. The summed E-state index contributed by atoms with van der Waals surface area (Å²) in [6.45, 7) is 5.92. The maximum atomic E-state index is 11.8. The minimum absolute atomic E-state index is 0.129. The van der Waals surface area contributed by atoms with E-state index < -0.39 is 0 Å². The molecule has 0 bridgehead atoms. The smallest absolute Gasteiger partial charge is 0.268 e. The van der Waals surface area contributed by atoms with Crippen molar-refractivity contribution in [3.05, 3.63) is 22.6 Å². The molecule has 0 amide bonds. The Morgan fingerprint density at radius 1 is 1.19 bits per heavy atom. The van der Waals surface area contributed by atoms with Crippen LogP contribution < -0.4 is 10.9 Å². The van der Waals surface area contributed by atoms with E-state index in [4.69, 9.17) is 14.2 Å². The summed E-state index contributed by atoms with van der Waals surface area (Å²) >= 11 is 0. The average molecular weight is 299 g/mol.